The summed E-state index contributed by atoms with van der Waals surface area (Å²) in [5.41, 5.74) is 0.871. The molecule has 0 atom stereocenters. The van der Waals surface area contributed by atoms with Crippen LogP contribution in [0, 0.1) is 30.5 Å². The average molecular weight is 384 g/mol. The summed E-state index contributed by atoms with van der Waals surface area (Å²) < 4.78 is 24.1. The van der Waals surface area contributed by atoms with Gasteiger partial charge in [-0.1, -0.05) is 5.16 Å². The zero-order valence-electron chi connectivity index (χ0n) is 16.0. The van der Waals surface area contributed by atoms with Crippen LogP contribution in [-0.2, 0) is 6.61 Å². The van der Waals surface area contributed by atoms with E-state index in [-0.39, 0.29) is 23.9 Å². The number of aryl methyl sites for hydroxylation is 1. The molecule has 148 valence electrons. The number of amides is 1. The Morgan fingerprint density at radius 1 is 1.18 bits per heavy atom. The Bertz CT molecular complexity index is 854. The Morgan fingerprint density at radius 3 is 2.39 bits per heavy atom. The molecule has 0 saturated heterocycles. The van der Waals surface area contributed by atoms with Gasteiger partial charge in [0.25, 0.3) is 5.91 Å². The lowest BCUT2D eigenvalue weighted by molar-refractivity contribution is -0.0168. The number of nitrogens with zero attached hydrogens (tertiary/aromatic N) is 1. The first-order chi connectivity index (χ1) is 13.5. The first kappa shape index (κ1) is 17.7. The fraction of sp³-hybridized carbons (Fsp3) is 0.545. The van der Waals surface area contributed by atoms with E-state index in [0.717, 1.165) is 37.0 Å². The van der Waals surface area contributed by atoms with Crippen molar-refractivity contribution in [2.75, 3.05) is 0 Å². The number of benzene rings is 1. The zero-order chi connectivity index (χ0) is 19.3. The molecule has 4 bridgehead atoms. The fourth-order valence-electron chi connectivity index (χ4n) is 5.99. The van der Waals surface area contributed by atoms with Crippen LogP contribution in [0.3, 0.4) is 0 Å². The summed E-state index contributed by atoms with van der Waals surface area (Å²) in [6.45, 7) is 1.93. The molecule has 0 unspecified atom stereocenters. The van der Waals surface area contributed by atoms with Crippen molar-refractivity contribution in [2.45, 2.75) is 57.6 Å². The van der Waals surface area contributed by atoms with Crippen LogP contribution in [0.25, 0.3) is 0 Å². The van der Waals surface area contributed by atoms with E-state index < -0.39 is 0 Å². The molecule has 6 rings (SSSR count). The second-order valence-corrected chi connectivity index (χ2v) is 8.96. The topological polar surface area (TPSA) is 64.4 Å². The van der Waals surface area contributed by atoms with Crippen molar-refractivity contribution < 1.29 is 18.4 Å². The van der Waals surface area contributed by atoms with Gasteiger partial charge >= 0.3 is 0 Å². The molecule has 0 radical (unpaired) electrons. The Labute approximate surface area is 163 Å². The predicted molar refractivity (Wildman–Crippen MR) is 100 cm³/mol. The number of ether oxygens (including phenoxy) is 1. The van der Waals surface area contributed by atoms with Crippen LogP contribution in [0.4, 0.5) is 4.39 Å². The number of hydrogen-bond donors (Lipinski definition) is 1. The maximum absolute atomic E-state index is 13.1. The van der Waals surface area contributed by atoms with Crippen molar-refractivity contribution in [3.05, 3.63) is 47.1 Å². The Hall–Kier alpha value is -2.37. The van der Waals surface area contributed by atoms with E-state index in [1.807, 2.05) is 0 Å². The molecule has 1 heterocycles. The molecule has 4 saturated carbocycles. The van der Waals surface area contributed by atoms with Crippen LogP contribution >= 0.6 is 0 Å². The van der Waals surface area contributed by atoms with Gasteiger partial charge in [0.15, 0.2) is 5.69 Å². The summed E-state index contributed by atoms with van der Waals surface area (Å²) >= 11 is 0. The molecular formula is C22H25FN2O3. The minimum absolute atomic E-state index is 0.0756. The number of hydrogen-bond acceptors (Lipinski definition) is 4. The molecule has 1 aromatic carbocycles. The second kappa shape index (κ2) is 6.61. The number of nitrogens with one attached hydrogen (secondary N) is 1. The summed E-state index contributed by atoms with van der Waals surface area (Å²) in [5.74, 6) is 2.89. The van der Waals surface area contributed by atoms with E-state index in [9.17, 15) is 9.18 Å². The van der Waals surface area contributed by atoms with Gasteiger partial charge in [-0.05, 0) is 87.5 Å². The lowest BCUT2D eigenvalue weighted by Crippen LogP contribution is -2.60. The lowest BCUT2D eigenvalue weighted by Gasteiger charge is -2.56. The number of rotatable bonds is 5. The summed E-state index contributed by atoms with van der Waals surface area (Å²) in [5, 5.41) is 7.35. The Balaban J connectivity index is 1.31. The number of carbonyl (C=O) groups is 1. The van der Waals surface area contributed by atoms with Crippen molar-refractivity contribution in [3.8, 4) is 5.75 Å². The van der Waals surface area contributed by atoms with Gasteiger partial charge in [-0.2, -0.15) is 0 Å². The van der Waals surface area contributed by atoms with Crippen LogP contribution in [0.15, 0.2) is 28.8 Å². The standard InChI is InChI=1S/C22H25FN2O3/c1-13-19(12-27-18-4-2-17(23)3-5-18)20(25-28-13)21(26)24-22-9-14-6-15(10-22)8-16(7-14)11-22/h2-5,14-16H,6-12H2,1H3,(H,24,26). The second-order valence-electron chi connectivity index (χ2n) is 8.96. The smallest absolute Gasteiger partial charge is 0.274 e. The number of aromatic nitrogens is 1. The van der Waals surface area contributed by atoms with Crippen molar-refractivity contribution in [2.24, 2.45) is 17.8 Å². The molecule has 2 aromatic rings. The van der Waals surface area contributed by atoms with Crippen molar-refractivity contribution >= 4 is 5.91 Å². The molecule has 4 aliphatic rings. The van der Waals surface area contributed by atoms with E-state index in [2.05, 4.69) is 10.5 Å². The first-order valence-corrected chi connectivity index (χ1v) is 10.2. The number of halogens is 1. The molecule has 4 fully saturated rings. The van der Waals surface area contributed by atoms with Crippen LogP contribution in [-0.4, -0.2) is 16.6 Å². The maximum Gasteiger partial charge on any atom is 0.274 e. The lowest BCUT2D eigenvalue weighted by atomic mass is 9.53. The van der Waals surface area contributed by atoms with E-state index in [1.165, 1.54) is 31.4 Å². The molecule has 6 heteroatoms. The van der Waals surface area contributed by atoms with Gasteiger partial charge in [-0.3, -0.25) is 4.79 Å². The maximum atomic E-state index is 13.1. The van der Waals surface area contributed by atoms with E-state index in [0.29, 0.717) is 22.8 Å². The third-order valence-corrected chi connectivity index (χ3v) is 6.81. The first-order valence-electron chi connectivity index (χ1n) is 10.2. The van der Waals surface area contributed by atoms with Crippen LogP contribution < -0.4 is 10.1 Å². The number of carbonyl (C=O) groups excluding carboxylic acids is 1. The van der Waals surface area contributed by atoms with Gasteiger partial charge in [0.1, 0.15) is 23.9 Å². The molecule has 5 nitrogen and oxygen atoms in total. The third-order valence-electron chi connectivity index (χ3n) is 6.81. The monoisotopic (exact) mass is 384 g/mol. The molecule has 1 amide bonds. The van der Waals surface area contributed by atoms with Gasteiger partial charge < -0.3 is 14.6 Å². The molecule has 0 aliphatic heterocycles. The molecule has 1 N–H and O–H groups in total. The van der Waals surface area contributed by atoms with E-state index in [4.69, 9.17) is 9.26 Å². The Morgan fingerprint density at radius 2 is 1.79 bits per heavy atom. The van der Waals surface area contributed by atoms with Gasteiger partial charge in [0, 0.05) is 5.54 Å². The SMILES string of the molecule is Cc1onc(C(=O)NC23CC4CC(CC(C4)C2)C3)c1COc1ccc(F)cc1. The van der Waals surface area contributed by atoms with E-state index >= 15 is 0 Å². The van der Waals surface area contributed by atoms with Crippen LogP contribution in [0.5, 0.6) is 5.75 Å². The Kier molecular flexibility index (Phi) is 4.18. The molecule has 4 aliphatic carbocycles. The molecule has 28 heavy (non-hydrogen) atoms. The predicted octanol–water partition coefficient (Wildman–Crippen LogP) is 4.40. The summed E-state index contributed by atoms with van der Waals surface area (Å²) in [4.78, 5) is 13.1. The molecule has 1 aromatic heterocycles. The summed E-state index contributed by atoms with van der Waals surface area (Å²) in [6, 6.07) is 5.81. The van der Waals surface area contributed by atoms with Gasteiger partial charge in [-0.15, -0.1) is 0 Å². The minimum atomic E-state index is -0.316. The van der Waals surface area contributed by atoms with Gasteiger partial charge in [-0.25, -0.2) is 4.39 Å². The highest BCUT2D eigenvalue weighted by Crippen LogP contribution is 2.55. The van der Waals surface area contributed by atoms with Crippen molar-refractivity contribution in [1.29, 1.82) is 0 Å². The summed E-state index contributed by atoms with van der Waals surface area (Å²) in [7, 11) is 0. The van der Waals surface area contributed by atoms with E-state index in [1.54, 1.807) is 19.1 Å². The highest BCUT2D eigenvalue weighted by atomic mass is 19.1. The summed E-state index contributed by atoms with van der Waals surface area (Å²) in [6.07, 6.45) is 7.24. The van der Waals surface area contributed by atoms with Gasteiger partial charge in [0.2, 0.25) is 0 Å². The third kappa shape index (κ3) is 3.19. The van der Waals surface area contributed by atoms with Crippen molar-refractivity contribution in [3.63, 3.8) is 0 Å². The minimum Gasteiger partial charge on any atom is -0.489 e. The fourth-order valence-corrected chi connectivity index (χ4v) is 5.99. The van der Waals surface area contributed by atoms with Crippen molar-refractivity contribution in [1.82, 2.24) is 10.5 Å². The normalized spacial score (nSPS) is 30.4. The highest BCUT2D eigenvalue weighted by molar-refractivity contribution is 5.94. The van der Waals surface area contributed by atoms with Crippen LogP contribution in [0.1, 0.15) is 60.3 Å². The highest BCUT2D eigenvalue weighted by Gasteiger charge is 2.51. The zero-order valence-corrected chi connectivity index (χ0v) is 16.0. The van der Waals surface area contributed by atoms with Gasteiger partial charge in [0.05, 0.1) is 5.56 Å². The van der Waals surface area contributed by atoms with Crippen LogP contribution in [0.2, 0.25) is 0 Å². The molecular weight excluding hydrogens is 359 g/mol. The average Bonchev–Trinajstić information content (AvgIpc) is 3.00. The molecule has 0 spiro atoms. The quantitative estimate of drug-likeness (QED) is 0.830. The largest absolute Gasteiger partial charge is 0.489 e.